The van der Waals surface area contributed by atoms with Crippen LogP contribution in [-0.2, 0) is 17.7 Å². The van der Waals surface area contributed by atoms with E-state index in [1.54, 1.807) is 0 Å². The lowest BCUT2D eigenvalue weighted by Gasteiger charge is -2.35. The van der Waals surface area contributed by atoms with Crippen molar-refractivity contribution in [3.8, 4) is 17.2 Å². The molecule has 6 rings (SSSR count). The zero-order valence-electron chi connectivity index (χ0n) is 29.8. The fourth-order valence-corrected chi connectivity index (χ4v) is 6.96. The molecule has 5 heterocycles. The van der Waals surface area contributed by atoms with Gasteiger partial charge in [-0.15, -0.1) is 0 Å². The molecule has 282 valence electrons. The van der Waals surface area contributed by atoms with Gasteiger partial charge in [0.1, 0.15) is 36.3 Å². The molecule has 2 fully saturated rings. The second-order valence-corrected chi connectivity index (χ2v) is 13.9. The van der Waals surface area contributed by atoms with Gasteiger partial charge < -0.3 is 24.0 Å². The average molecular weight is 730 g/mol. The summed E-state index contributed by atoms with van der Waals surface area (Å²) in [6.45, 7) is 9.08. The van der Waals surface area contributed by atoms with E-state index in [2.05, 4.69) is 24.8 Å². The zero-order valence-corrected chi connectivity index (χ0v) is 29.8. The summed E-state index contributed by atoms with van der Waals surface area (Å²) in [5.41, 5.74) is 1.91. The highest BCUT2D eigenvalue weighted by atomic mass is 19.4. The van der Waals surface area contributed by atoms with Crippen molar-refractivity contribution < 1.29 is 36.6 Å². The highest BCUT2D eigenvalue weighted by molar-refractivity contribution is 5.97. The molecule has 3 aromatic rings. The fraction of sp³-hybridized carbons (Fsp3) is 0.568. The smallest absolute Gasteiger partial charge is 0.406 e. The van der Waals surface area contributed by atoms with Gasteiger partial charge >= 0.3 is 6.18 Å². The molecule has 3 aliphatic heterocycles. The molecule has 15 heteroatoms. The Morgan fingerprint density at radius 3 is 2.62 bits per heavy atom. The van der Waals surface area contributed by atoms with Crippen molar-refractivity contribution in [2.75, 3.05) is 64.1 Å². The van der Waals surface area contributed by atoms with Gasteiger partial charge in [-0.2, -0.15) is 13.2 Å². The quantitative estimate of drug-likeness (QED) is 0.204. The van der Waals surface area contributed by atoms with E-state index in [-0.39, 0.29) is 23.2 Å². The van der Waals surface area contributed by atoms with Crippen molar-refractivity contribution in [3.63, 3.8) is 0 Å². The van der Waals surface area contributed by atoms with Crippen LogP contribution in [0.1, 0.15) is 67.6 Å². The van der Waals surface area contributed by atoms with Crippen LogP contribution in [0.15, 0.2) is 43.0 Å². The minimum absolute atomic E-state index is 0.0376. The van der Waals surface area contributed by atoms with Crippen molar-refractivity contribution in [2.24, 2.45) is 0 Å². The van der Waals surface area contributed by atoms with Crippen molar-refractivity contribution in [1.82, 2.24) is 29.7 Å². The first-order valence-corrected chi connectivity index (χ1v) is 18.1. The van der Waals surface area contributed by atoms with Gasteiger partial charge in [-0.05, 0) is 63.9 Å². The van der Waals surface area contributed by atoms with Gasteiger partial charge in [0.15, 0.2) is 11.6 Å². The van der Waals surface area contributed by atoms with E-state index >= 15 is 0 Å². The number of fused-ring (bicyclic) bond motifs is 1. The average Bonchev–Trinajstić information content (AvgIpc) is 3.40. The topological polar surface area (TPSA) is 96.4 Å². The number of rotatable bonds is 12. The molecule has 3 aliphatic rings. The van der Waals surface area contributed by atoms with Gasteiger partial charge in [-0.25, -0.2) is 14.4 Å². The number of halogens is 4. The second-order valence-electron chi connectivity index (χ2n) is 13.9. The van der Waals surface area contributed by atoms with Crippen LogP contribution in [0, 0.1) is 5.82 Å². The van der Waals surface area contributed by atoms with E-state index in [0.29, 0.717) is 36.6 Å². The number of anilines is 1. The molecule has 1 amide bonds. The van der Waals surface area contributed by atoms with Gasteiger partial charge in [0.25, 0.3) is 5.91 Å². The Morgan fingerprint density at radius 1 is 1.02 bits per heavy atom. The second kappa shape index (κ2) is 17.2. The van der Waals surface area contributed by atoms with Gasteiger partial charge in [-0.3, -0.25) is 19.6 Å². The Bertz CT molecular complexity index is 1650. The first kappa shape index (κ1) is 37.7. The van der Waals surface area contributed by atoms with E-state index in [4.69, 9.17) is 14.2 Å². The molecule has 11 nitrogen and oxygen atoms in total. The van der Waals surface area contributed by atoms with Gasteiger partial charge in [0.2, 0.25) is 0 Å². The van der Waals surface area contributed by atoms with Crippen LogP contribution in [0.5, 0.6) is 17.2 Å². The van der Waals surface area contributed by atoms with Gasteiger partial charge in [0.05, 0.1) is 18.5 Å². The maximum atomic E-state index is 14.3. The summed E-state index contributed by atoms with van der Waals surface area (Å²) >= 11 is 0. The molecule has 0 saturated carbocycles. The van der Waals surface area contributed by atoms with Gasteiger partial charge in [-0.1, -0.05) is 0 Å². The molecule has 1 aromatic carbocycles. The van der Waals surface area contributed by atoms with Crippen LogP contribution >= 0.6 is 0 Å². The lowest BCUT2D eigenvalue weighted by Crippen LogP contribution is -2.43. The Labute approximate surface area is 301 Å². The molecule has 0 atom stereocenters. The monoisotopic (exact) mass is 729 g/mol. The van der Waals surface area contributed by atoms with Crippen molar-refractivity contribution in [3.05, 3.63) is 65.6 Å². The number of nitrogens with zero attached hydrogens (tertiary/aromatic N) is 7. The molecule has 0 unspecified atom stereocenters. The molecule has 52 heavy (non-hydrogen) atoms. The third-order valence-electron chi connectivity index (χ3n) is 9.70. The van der Waals surface area contributed by atoms with E-state index < -0.39 is 30.5 Å². The maximum Gasteiger partial charge on any atom is 0.406 e. The standard InChI is InChI=1S/C37H47F4N7O4/c1-26(2)48(23-37(39,40)41)36(49)29-20-27(38)6-7-32(29)52-34-21-42-24-44-35(34)47-17-9-28(10-18-47)51-33-8-12-43-31-11-16-45(22-30(31)33)14-5-15-46-13-3-4-19-50-25-46/h6-8,12,20-21,24,26,28H,3-5,9-11,13-19,22-23,25H2,1-2H3. The van der Waals surface area contributed by atoms with E-state index in [1.807, 2.05) is 17.2 Å². The number of pyridine rings is 1. The Hall–Kier alpha value is -4.08. The SMILES string of the molecule is CC(C)N(CC(F)(F)F)C(=O)c1cc(F)ccc1Oc1cncnc1N1CCC(Oc2ccnc3c2CN(CCCN2CCCCOC2)CC3)CC1. The lowest BCUT2D eigenvalue weighted by atomic mass is 10.0. The molecule has 2 saturated heterocycles. The summed E-state index contributed by atoms with van der Waals surface area (Å²) in [5.74, 6) is -0.352. The summed E-state index contributed by atoms with van der Waals surface area (Å²) in [6, 6.07) is 4.36. The number of hydrogen-bond acceptors (Lipinski definition) is 10. The number of carbonyl (C=O) groups is 1. The molecular formula is C37H47F4N7O4. The van der Waals surface area contributed by atoms with Crippen molar-refractivity contribution >= 4 is 11.7 Å². The predicted octanol–water partition coefficient (Wildman–Crippen LogP) is 6.08. The summed E-state index contributed by atoms with van der Waals surface area (Å²) in [7, 11) is 0. The van der Waals surface area contributed by atoms with Crippen LogP contribution in [-0.4, -0.2) is 113 Å². The number of ether oxygens (including phenoxy) is 3. The van der Waals surface area contributed by atoms with Crippen molar-refractivity contribution in [1.29, 1.82) is 0 Å². The van der Waals surface area contributed by atoms with Gasteiger partial charge in [0, 0.05) is 88.6 Å². The fourth-order valence-electron chi connectivity index (χ4n) is 6.96. The lowest BCUT2D eigenvalue weighted by molar-refractivity contribution is -0.143. The predicted molar refractivity (Wildman–Crippen MR) is 186 cm³/mol. The molecule has 0 spiro atoms. The zero-order chi connectivity index (χ0) is 36.7. The van der Waals surface area contributed by atoms with E-state index in [0.717, 1.165) is 94.5 Å². The Kier molecular flexibility index (Phi) is 12.4. The molecular weight excluding hydrogens is 682 g/mol. The number of carbonyl (C=O) groups excluding carboxylic acids is 1. The molecule has 0 radical (unpaired) electrons. The maximum absolute atomic E-state index is 14.3. The normalized spacial score (nSPS) is 17.9. The summed E-state index contributed by atoms with van der Waals surface area (Å²) in [6.07, 6.45) is 5.62. The molecule has 2 aromatic heterocycles. The summed E-state index contributed by atoms with van der Waals surface area (Å²) in [5, 5.41) is 0. The minimum atomic E-state index is -4.63. The van der Waals surface area contributed by atoms with Crippen LogP contribution in [0.4, 0.5) is 23.4 Å². The van der Waals surface area contributed by atoms with E-state index in [1.165, 1.54) is 38.9 Å². The largest absolute Gasteiger partial charge is 0.490 e. The van der Waals surface area contributed by atoms with Crippen LogP contribution in [0.25, 0.3) is 0 Å². The number of piperidine rings is 1. The van der Waals surface area contributed by atoms with Crippen LogP contribution < -0.4 is 14.4 Å². The molecule has 0 aliphatic carbocycles. The first-order valence-electron chi connectivity index (χ1n) is 18.1. The third kappa shape index (κ3) is 9.86. The van der Waals surface area contributed by atoms with Crippen LogP contribution in [0.2, 0.25) is 0 Å². The number of aromatic nitrogens is 3. The van der Waals surface area contributed by atoms with Crippen LogP contribution in [0.3, 0.4) is 0 Å². The highest BCUT2D eigenvalue weighted by Crippen LogP contribution is 2.35. The number of hydrogen-bond donors (Lipinski definition) is 0. The van der Waals surface area contributed by atoms with E-state index in [9.17, 15) is 22.4 Å². The summed E-state index contributed by atoms with van der Waals surface area (Å²) in [4.78, 5) is 34.1. The first-order chi connectivity index (χ1) is 25.0. The Morgan fingerprint density at radius 2 is 1.83 bits per heavy atom. The minimum Gasteiger partial charge on any atom is -0.490 e. The summed E-state index contributed by atoms with van der Waals surface area (Å²) < 4.78 is 72.7. The number of alkyl halides is 3. The Balaban J connectivity index is 1.08. The number of benzene rings is 1. The third-order valence-corrected chi connectivity index (χ3v) is 9.70. The highest BCUT2D eigenvalue weighted by Gasteiger charge is 2.36. The molecule has 0 N–H and O–H groups in total. The van der Waals surface area contributed by atoms with Crippen molar-refractivity contribution in [2.45, 2.75) is 77.2 Å². The number of amides is 1. The molecule has 0 bridgehead atoms.